The molecule has 0 spiro atoms. The number of carboxylic acid groups (broad SMARTS) is 1. The minimum atomic E-state index is -0.851. The maximum Gasteiger partial charge on any atom is 0.407 e. The fraction of sp³-hybridized carbons (Fsp3) is 0.417. The topological polar surface area (TPSA) is 75.6 Å². The summed E-state index contributed by atoms with van der Waals surface area (Å²) in [6.45, 7) is 0.350. The number of benzene rings is 2. The van der Waals surface area contributed by atoms with Gasteiger partial charge < -0.3 is 15.2 Å². The van der Waals surface area contributed by atoms with E-state index in [1.165, 1.54) is 24.0 Å². The summed E-state index contributed by atoms with van der Waals surface area (Å²) in [5.41, 5.74) is 4.68. The Morgan fingerprint density at radius 3 is 2.17 bits per heavy atom. The number of carbonyl (C=O) groups is 2. The molecule has 1 atom stereocenters. The summed E-state index contributed by atoms with van der Waals surface area (Å²) in [5.74, 6) is -0.947. The van der Waals surface area contributed by atoms with Crippen LogP contribution in [-0.2, 0) is 9.53 Å². The van der Waals surface area contributed by atoms with Crippen LogP contribution < -0.4 is 5.32 Å². The van der Waals surface area contributed by atoms with E-state index in [-0.39, 0.29) is 19.1 Å². The molecule has 1 unspecified atom stereocenters. The van der Waals surface area contributed by atoms with E-state index < -0.39 is 18.0 Å². The second-order valence-corrected chi connectivity index (χ2v) is 8.13. The van der Waals surface area contributed by atoms with Crippen LogP contribution in [0, 0.1) is 11.8 Å². The van der Waals surface area contributed by atoms with Gasteiger partial charge in [-0.3, -0.25) is 4.79 Å². The highest BCUT2D eigenvalue weighted by Crippen LogP contribution is 2.44. The predicted octanol–water partition coefficient (Wildman–Crippen LogP) is 4.81. The highest BCUT2D eigenvalue weighted by molar-refractivity contribution is 5.79. The summed E-state index contributed by atoms with van der Waals surface area (Å²) in [6.07, 6.45) is 4.61. The minimum absolute atomic E-state index is 0.00177. The number of aliphatic carboxylic acids is 1. The van der Waals surface area contributed by atoms with Crippen molar-refractivity contribution in [3.63, 3.8) is 0 Å². The van der Waals surface area contributed by atoms with Gasteiger partial charge in [-0.15, -0.1) is 0 Å². The summed E-state index contributed by atoms with van der Waals surface area (Å²) in [6, 6.07) is 16.4. The minimum Gasteiger partial charge on any atom is -0.481 e. The van der Waals surface area contributed by atoms with Crippen LogP contribution in [0.5, 0.6) is 0 Å². The van der Waals surface area contributed by atoms with Gasteiger partial charge in [0.15, 0.2) is 0 Å². The molecule has 29 heavy (non-hydrogen) atoms. The van der Waals surface area contributed by atoms with Crippen molar-refractivity contribution in [2.24, 2.45) is 11.8 Å². The first-order valence-electron chi connectivity index (χ1n) is 10.4. The Kier molecular flexibility index (Phi) is 5.84. The smallest absolute Gasteiger partial charge is 0.407 e. The van der Waals surface area contributed by atoms with Crippen molar-refractivity contribution in [2.45, 2.75) is 38.0 Å². The molecule has 1 saturated carbocycles. The molecule has 2 aromatic carbocycles. The van der Waals surface area contributed by atoms with Crippen LogP contribution in [0.25, 0.3) is 11.1 Å². The van der Waals surface area contributed by atoms with E-state index in [4.69, 9.17) is 4.74 Å². The largest absolute Gasteiger partial charge is 0.481 e. The molecule has 2 N–H and O–H groups in total. The number of fused-ring (bicyclic) bond motifs is 3. The molecule has 4 rings (SSSR count). The summed E-state index contributed by atoms with van der Waals surface area (Å²) in [7, 11) is 0. The van der Waals surface area contributed by atoms with Gasteiger partial charge in [-0.25, -0.2) is 4.79 Å². The van der Waals surface area contributed by atoms with E-state index in [1.807, 2.05) is 24.3 Å². The predicted molar refractivity (Wildman–Crippen MR) is 111 cm³/mol. The fourth-order valence-electron chi connectivity index (χ4n) is 4.78. The van der Waals surface area contributed by atoms with Gasteiger partial charge in [0.05, 0.1) is 5.92 Å². The van der Waals surface area contributed by atoms with E-state index in [1.54, 1.807) is 0 Å². The Hall–Kier alpha value is -2.82. The Morgan fingerprint density at radius 2 is 1.59 bits per heavy atom. The summed E-state index contributed by atoms with van der Waals surface area (Å²) >= 11 is 0. The lowest BCUT2D eigenvalue weighted by molar-refractivity contribution is -0.142. The van der Waals surface area contributed by atoms with Gasteiger partial charge in [-0.1, -0.05) is 74.2 Å². The molecule has 2 aromatic rings. The van der Waals surface area contributed by atoms with Crippen molar-refractivity contribution in [3.05, 3.63) is 59.7 Å². The first kappa shape index (κ1) is 19.5. The molecule has 0 aliphatic heterocycles. The quantitative estimate of drug-likeness (QED) is 0.708. The Morgan fingerprint density at radius 1 is 1.00 bits per heavy atom. The number of carboxylic acids is 1. The zero-order valence-electron chi connectivity index (χ0n) is 16.5. The second-order valence-electron chi connectivity index (χ2n) is 8.13. The number of carbonyl (C=O) groups excluding carboxylic acids is 1. The van der Waals surface area contributed by atoms with Crippen molar-refractivity contribution >= 4 is 12.1 Å². The van der Waals surface area contributed by atoms with Gasteiger partial charge >= 0.3 is 12.1 Å². The van der Waals surface area contributed by atoms with Crippen LogP contribution in [0.4, 0.5) is 4.79 Å². The molecule has 0 aromatic heterocycles. The lowest BCUT2D eigenvalue weighted by Gasteiger charge is -2.18. The SMILES string of the molecule is O=C(NCC(CC1CCCC1)C(=O)O)OCC1c2ccccc2-c2ccccc21. The maximum absolute atomic E-state index is 12.3. The fourth-order valence-corrected chi connectivity index (χ4v) is 4.78. The molecule has 2 aliphatic rings. The number of rotatable bonds is 7. The Balaban J connectivity index is 1.34. The lowest BCUT2D eigenvalue weighted by Crippen LogP contribution is -2.34. The summed E-state index contributed by atoms with van der Waals surface area (Å²) in [5, 5.41) is 12.1. The summed E-state index contributed by atoms with van der Waals surface area (Å²) in [4.78, 5) is 23.8. The molecule has 0 bridgehead atoms. The second kappa shape index (κ2) is 8.68. The van der Waals surface area contributed by atoms with E-state index in [0.29, 0.717) is 12.3 Å². The van der Waals surface area contributed by atoms with E-state index >= 15 is 0 Å². The molecule has 0 heterocycles. The average molecular weight is 393 g/mol. The van der Waals surface area contributed by atoms with Crippen LogP contribution in [-0.4, -0.2) is 30.3 Å². The number of nitrogens with one attached hydrogen (secondary N) is 1. The number of alkyl carbamates (subject to hydrolysis) is 1. The highest BCUT2D eigenvalue weighted by atomic mass is 16.5. The van der Waals surface area contributed by atoms with Crippen LogP contribution in [0.3, 0.4) is 0 Å². The molecular formula is C24H27NO4. The molecule has 5 heteroatoms. The maximum atomic E-state index is 12.3. The molecule has 2 aliphatic carbocycles. The normalized spacial score (nSPS) is 16.8. The number of hydrogen-bond donors (Lipinski definition) is 2. The molecule has 0 radical (unpaired) electrons. The van der Waals surface area contributed by atoms with Crippen LogP contribution in [0.2, 0.25) is 0 Å². The third-order valence-corrected chi connectivity index (χ3v) is 6.28. The van der Waals surface area contributed by atoms with Gasteiger partial charge in [0.1, 0.15) is 6.61 Å². The van der Waals surface area contributed by atoms with Gasteiger partial charge in [0, 0.05) is 12.5 Å². The monoisotopic (exact) mass is 393 g/mol. The first-order chi connectivity index (χ1) is 14.1. The van der Waals surface area contributed by atoms with Crippen molar-refractivity contribution in [1.82, 2.24) is 5.32 Å². The van der Waals surface area contributed by atoms with E-state index in [0.717, 1.165) is 24.0 Å². The Labute approximate surface area is 171 Å². The average Bonchev–Trinajstić information content (AvgIpc) is 3.35. The molecule has 5 nitrogen and oxygen atoms in total. The van der Waals surface area contributed by atoms with Gasteiger partial charge in [-0.2, -0.15) is 0 Å². The number of amides is 1. The van der Waals surface area contributed by atoms with Crippen molar-refractivity contribution in [2.75, 3.05) is 13.2 Å². The van der Waals surface area contributed by atoms with E-state index in [9.17, 15) is 14.7 Å². The van der Waals surface area contributed by atoms with E-state index in [2.05, 4.69) is 29.6 Å². The molecule has 1 fully saturated rings. The van der Waals surface area contributed by atoms with Crippen LogP contribution in [0.15, 0.2) is 48.5 Å². The Bertz CT molecular complexity index is 842. The highest BCUT2D eigenvalue weighted by Gasteiger charge is 2.29. The van der Waals surface area contributed by atoms with Crippen molar-refractivity contribution in [3.8, 4) is 11.1 Å². The third kappa shape index (κ3) is 4.29. The molecular weight excluding hydrogens is 366 g/mol. The van der Waals surface area contributed by atoms with Crippen LogP contribution >= 0.6 is 0 Å². The standard InChI is InChI=1S/C24H27NO4/c26-23(27)17(13-16-7-1-2-8-16)14-25-24(28)29-15-22-20-11-5-3-9-18(20)19-10-4-6-12-21(19)22/h3-6,9-12,16-17,22H,1-2,7-8,13-15H2,(H,25,28)(H,26,27). The zero-order valence-corrected chi connectivity index (χ0v) is 16.5. The molecule has 0 saturated heterocycles. The van der Waals surface area contributed by atoms with Crippen LogP contribution in [0.1, 0.15) is 49.1 Å². The first-order valence-corrected chi connectivity index (χ1v) is 10.4. The van der Waals surface area contributed by atoms with Crippen molar-refractivity contribution in [1.29, 1.82) is 0 Å². The van der Waals surface area contributed by atoms with Gasteiger partial charge in [0.2, 0.25) is 0 Å². The zero-order chi connectivity index (χ0) is 20.2. The van der Waals surface area contributed by atoms with Gasteiger partial charge in [-0.05, 0) is 34.6 Å². The number of hydrogen-bond acceptors (Lipinski definition) is 3. The molecule has 1 amide bonds. The third-order valence-electron chi connectivity index (χ3n) is 6.28. The number of ether oxygens (including phenoxy) is 1. The lowest BCUT2D eigenvalue weighted by atomic mass is 9.93. The van der Waals surface area contributed by atoms with Gasteiger partial charge in [0.25, 0.3) is 0 Å². The van der Waals surface area contributed by atoms with Crippen molar-refractivity contribution < 1.29 is 19.4 Å². The summed E-state index contributed by atoms with van der Waals surface area (Å²) < 4.78 is 5.50. The molecule has 152 valence electrons.